The van der Waals surface area contributed by atoms with Gasteiger partial charge in [0.1, 0.15) is 0 Å². The fourth-order valence-corrected chi connectivity index (χ4v) is 0.773. The molecule has 0 spiro atoms. The maximum absolute atomic E-state index is 12.0. The number of alkyl halides is 3. The summed E-state index contributed by atoms with van der Waals surface area (Å²) in [5.74, 6) is 6.63. The van der Waals surface area contributed by atoms with E-state index in [4.69, 9.17) is 5.84 Å². The van der Waals surface area contributed by atoms with Crippen LogP contribution in [0.5, 0.6) is 0 Å². The molecule has 0 aliphatic rings. The van der Waals surface area contributed by atoms with Gasteiger partial charge in [0.15, 0.2) is 0 Å². The van der Waals surface area contributed by atoms with Crippen molar-refractivity contribution in [3.63, 3.8) is 0 Å². The lowest BCUT2D eigenvalue weighted by Gasteiger charge is -2.07. The van der Waals surface area contributed by atoms with E-state index in [1.807, 2.05) is 5.43 Å². The number of benzene rings is 1. The molecule has 0 heterocycles. The van der Waals surface area contributed by atoms with Gasteiger partial charge in [-0.25, -0.2) is 0 Å². The van der Waals surface area contributed by atoms with E-state index in [0.29, 0.717) is 0 Å². The van der Waals surface area contributed by atoms with Crippen molar-refractivity contribution >= 4 is 5.69 Å². The van der Waals surface area contributed by atoms with Gasteiger partial charge in [-0.2, -0.15) is 19.0 Å². The van der Waals surface area contributed by atoms with Gasteiger partial charge in [0.25, 0.3) is 0 Å². The van der Waals surface area contributed by atoms with E-state index in [-0.39, 0.29) is 5.69 Å². The van der Waals surface area contributed by atoms with Crippen molar-refractivity contribution in [2.45, 2.75) is 6.18 Å². The van der Waals surface area contributed by atoms with Gasteiger partial charge < -0.3 is 5.43 Å². The van der Waals surface area contributed by atoms with Crippen LogP contribution in [0.4, 0.5) is 18.9 Å². The lowest BCUT2D eigenvalue weighted by molar-refractivity contribution is -0.137. The summed E-state index contributed by atoms with van der Waals surface area (Å²) in [6.45, 7) is 0. The highest BCUT2D eigenvalue weighted by molar-refractivity contribution is 5.45. The summed E-state index contributed by atoms with van der Waals surface area (Å²) in [6, 6.07) is 4.48. The highest BCUT2D eigenvalue weighted by atomic mass is 19.4. The molecular formula is C7H6F3N2. The Hall–Kier alpha value is -1.23. The Kier molecular flexibility index (Phi) is 2.23. The first-order valence-corrected chi connectivity index (χ1v) is 3.14. The summed E-state index contributed by atoms with van der Waals surface area (Å²) in [5.41, 5.74) is 1.27. The number of anilines is 1. The van der Waals surface area contributed by atoms with Crippen molar-refractivity contribution in [1.82, 2.24) is 5.84 Å². The molecule has 0 amide bonds. The van der Waals surface area contributed by atoms with Crippen molar-refractivity contribution in [3.8, 4) is 0 Å². The summed E-state index contributed by atoms with van der Waals surface area (Å²) < 4.78 is 36.0. The zero-order valence-electron chi connectivity index (χ0n) is 5.94. The molecule has 0 bridgehead atoms. The minimum Gasteiger partial charge on any atom is -0.307 e. The number of hydrogen-bond donors (Lipinski definition) is 1. The van der Waals surface area contributed by atoms with Crippen LogP contribution in [0.1, 0.15) is 5.56 Å². The predicted molar refractivity (Wildman–Crippen MR) is 38.2 cm³/mol. The molecule has 0 atom stereocenters. The number of rotatable bonds is 1. The van der Waals surface area contributed by atoms with E-state index >= 15 is 0 Å². The van der Waals surface area contributed by atoms with Crippen LogP contribution >= 0.6 is 0 Å². The highest BCUT2D eigenvalue weighted by Gasteiger charge is 2.30. The van der Waals surface area contributed by atoms with E-state index in [1.54, 1.807) is 0 Å². The third-order valence-electron chi connectivity index (χ3n) is 1.33. The van der Waals surface area contributed by atoms with Crippen LogP contribution in [0.25, 0.3) is 0 Å². The minimum atomic E-state index is -4.34. The first kappa shape index (κ1) is 8.86. The Morgan fingerprint density at radius 2 is 1.92 bits per heavy atom. The summed E-state index contributed by atoms with van der Waals surface area (Å²) in [6.07, 6.45) is -4.34. The van der Waals surface area contributed by atoms with E-state index in [2.05, 4.69) is 0 Å². The Morgan fingerprint density at radius 3 is 2.42 bits per heavy atom. The molecule has 2 nitrogen and oxygen atoms in total. The summed E-state index contributed by atoms with van der Waals surface area (Å²) in [7, 11) is 0. The highest BCUT2D eigenvalue weighted by Crippen LogP contribution is 2.30. The molecule has 0 fully saturated rings. The Balaban J connectivity index is 3.02. The van der Waals surface area contributed by atoms with Crippen molar-refractivity contribution in [3.05, 3.63) is 29.8 Å². The summed E-state index contributed by atoms with van der Waals surface area (Å²) in [5, 5.41) is 0. The zero-order chi connectivity index (χ0) is 9.19. The van der Waals surface area contributed by atoms with Crippen molar-refractivity contribution in [1.29, 1.82) is 0 Å². The smallest absolute Gasteiger partial charge is 0.307 e. The zero-order valence-corrected chi connectivity index (χ0v) is 5.94. The van der Waals surface area contributed by atoms with Crippen LogP contribution in [-0.2, 0) is 6.18 Å². The molecule has 1 aromatic carbocycles. The van der Waals surface area contributed by atoms with E-state index in [0.717, 1.165) is 12.1 Å². The molecule has 2 N–H and O–H groups in total. The molecule has 1 aromatic rings. The van der Waals surface area contributed by atoms with E-state index in [9.17, 15) is 13.2 Å². The maximum atomic E-state index is 12.0. The van der Waals surface area contributed by atoms with E-state index < -0.39 is 11.7 Å². The summed E-state index contributed by atoms with van der Waals surface area (Å²) in [4.78, 5) is 0. The molecule has 5 heteroatoms. The average molecular weight is 175 g/mol. The fraction of sp³-hybridized carbons (Fsp3) is 0.143. The SMILES string of the molecule is [NH]Nc1cccc(C(F)(F)F)c1. The van der Waals surface area contributed by atoms with Crippen LogP contribution in [0.2, 0.25) is 0 Å². The van der Waals surface area contributed by atoms with Crippen LogP contribution in [-0.4, -0.2) is 0 Å². The van der Waals surface area contributed by atoms with Gasteiger partial charge >= 0.3 is 6.18 Å². The number of nitrogens with one attached hydrogen (secondary N) is 2. The molecule has 0 aliphatic heterocycles. The Bertz CT molecular complexity index is 270. The number of halogens is 3. The second-order valence-corrected chi connectivity index (χ2v) is 2.20. The second-order valence-electron chi connectivity index (χ2n) is 2.20. The summed E-state index contributed by atoms with van der Waals surface area (Å²) >= 11 is 0. The molecule has 1 radical (unpaired) electrons. The lowest BCUT2D eigenvalue weighted by atomic mass is 10.2. The van der Waals surface area contributed by atoms with Gasteiger partial charge in [-0.3, -0.25) is 0 Å². The topological polar surface area (TPSA) is 35.8 Å². The van der Waals surface area contributed by atoms with Gasteiger partial charge in [-0.15, -0.1) is 0 Å². The van der Waals surface area contributed by atoms with Crippen LogP contribution in [0, 0.1) is 0 Å². The first-order chi connectivity index (χ1) is 5.54. The fourth-order valence-electron chi connectivity index (χ4n) is 0.773. The van der Waals surface area contributed by atoms with Crippen molar-refractivity contribution in [2.75, 3.05) is 5.43 Å². The maximum Gasteiger partial charge on any atom is 0.416 e. The quantitative estimate of drug-likeness (QED) is 0.653. The van der Waals surface area contributed by atoms with Gasteiger partial charge in [-0.05, 0) is 18.2 Å². The molecule has 0 saturated carbocycles. The Labute approximate surface area is 67.2 Å². The first-order valence-electron chi connectivity index (χ1n) is 3.14. The standard InChI is InChI=1S/C7H6F3N2/c8-7(9,10)5-2-1-3-6(4-5)12-11/h1-4,11-12H. The lowest BCUT2D eigenvalue weighted by Crippen LogP contribution is -2.05. The number of hydrogen-bond acceptors (Lipinski definition) is 1. The monoisotopic (exact) mass is 175 g/mol. The largest absolute Gasteiger partial charge is 0.416 e. The molecule has 0 aromatic heterocycles. The molecule has 12 heavy (non-hydrogen) atoms. The average Bonchev–Trinajstić information content (AvgIpc) is 2.03. The van der Waals surface area contributed by atoms with Crippen LogP contribution < -0.4 is 11.3 Å². The second kappa shape index (κ2) is 3.02. The normalized spacial score (nSPS) is 11.3. The van der Waals surface area contributed by atoms with Gasteiger partial charge in [0.05, 0.1) is 11.3 Å². The third-order valence-corrected chi connectivity index (χ3v) is 1.33. The van der Waals surface area contributed by atoms with Gasteiger partial charge in [-0.1, -0.05) is 6.07 Å². The van der Waals surface area contributed by atoms with Crippen LogP contribution in [0.3, 0.4) is 0 Å². The van der Waals surface area contributed by atoms with Crippen LogP contribution in [0.15, 0.2) is 24.3 Å². The molecule has 0 saturated heterocycles. The molecule has 0 aliphatic carbocycles. The van der Waals surface area contributed by atoms with Gasteiger partial charge in [0, 0.05) is 0 Å². The predicted octanol–water partition coefficient (Wildman–Crippen LogP) is 2.32. The molecule has 65 valence electrons. The van der Waals surface area contributed by atoms with Gasteiger partial charge in [0.2, 0.25) is 0 Å². The minimum absolute atomic E-state index is 0.129. The van der Waals surface area contributed by atoms with Crippen molar-refractivity contribution < 1.29 is 13.2 Å². The molecule has 1 rings (SSSR count). The van der Waals surface area contributed by atoms with E-state index in [1.165, 1.54) is 12.1 Å². The molecular weight excluding hydrogens is 169 g/mol. The van der Waals surface area contributed by atoms with Crippen molar-refractivity contribution in [2.24, 2.45) is 0 Å². The molecule has 0 unspecified atom stereocenters. The Morgan fingerprint density at radius 1 is 1.25 bits per heavy atom. The third kappa shape index (κ3) is 1.88.